The van der Waals surface area contributed by atoms with E-state index in [1.807, 2.05) is 18.2 Å². The first-order valence-electron chi connectivity index (χ1n) is 8.43. The molecule has 7 heteroatoms. The lowest BCUT2D eigenvalue weighted by atomic mass is 9.73. The smallest absolute Gasteiger partial charge is 0.254 e. The molecule has 0 bridgehead atoms. The Balaban J connectivity index is 1.95. The molecule has 0 radical (unpaired) electrons. The summed E-state index contributed by atoms with van der Waals surface area (Å²) in [5.41, 5.74) is 8.00. The molecular weight excluding hydrogens is 352 g/mol. The molecule has 4 rings (SSSR count). The minimum atomic E-state index is -0.561. The van der Waals surface area contributed by atoms with Gasteiger partial charge in [-0.2, -0.15) is 5.10 Å². The van der Waals surface area contributed by atoms with Gasteiger partial charge in [0.1, 0.15) is 17.4 Å². The van der Waals surface area contributed by atoms with Gasteiger partial charge < -0.3 is 11.1 Å². The van der Waals surface area contributed by atoms with Crippen LogP contribution < -0.4 is 11.1 Å². The molecule has 0 saturated carbocycles. The number of rotatable bonds is 2. The number of halogens is 1. The summed E-state index contributed by atoms with van der Waals surface area (Å²) < 4.78 is 1.65. The molecule has 0 unspecified atom stereocenters. The molecule has 2 aliphatic rings. The minimum absolute atomic E-state index is 0.0792. The second kappa shape index (κ2) is 5.71. The van der Waals surface area contributed by atoms with E-state index in [0.29, 0.717) is 34.8 Å². The molecule has 1 atom stereocenters. The van der Waals surface area contributed by atoms with Crippen molar-refractivity contribution in [1.29, 1.82) is 0 Å². The molecule has 0 saturated heterocycles. The number of ketones is 1. The molecule has 3 N–H and O–H groups in total. The summed E-state index contributed by atoms with van der Waals surface area (Å²) in [7, 11) is 0. The lowest BCUT2D eigenvalue weighted by molar-refractivity contribution is -0.118. The van der Waals surface area contributed by atoms with Gasteiger partial charge in [0, 0.05) is 22.7 Å². The summed E-state index contributed by atoms with van der Waals surface area (Å²) in [6.45, 7) is 4.12. The molecule has 6 nitrogen and oxygen atoms in total. The summed E-state index contributed by atoms with van der Waals surface area (Å²) >= 11 is 6.18. The van der Waals surface area contributed by atoms with E-state index in [1.165, 1.54) is 6.20 Å². The Hall–Kier alpha value is -2.60. The Kier molecular flexibility index (Phi) is 3.70. The Labute approximate surface area is 156 Å². The minimum Gasteiger partial charge on any atom is -0.365 e. The van der Waals surface area contributed by atoms with Gasteiger partial charge in [-0.05, 0) is 29.5 Å². The van der Waals surface area contributed by atoms with Gasteiger partial charge in [-0.3, -0.25) is 9.59 Å². The van der Waals surface area contributed by atoms with Crippen LogP contribution in [0.4, 0.5) is 5.82 Å². The molecular formula is C19H19ClN4O2. The normalized spacial score (nSPS) is 21.0. The van der Waals surface area contributed by atoms with Crippen LogP contribution in [0, 0.1) is 5.41 Å². The zero-order chi connectivity index (χ0) is 18.6. The third kappa shape index (κ3) is 2.61. The number of nitrogens with two attached hydrogens (primary N) is 1. The maximum atomic E-state index is 13.0. The molecule has 2 heterocycles. The van der Waals surface area contributed by atoms with Gasteiger partial charge in [-0.25, -0.2) is 4.68 Å². The molecule has 1 aromatic carbocycles. The molecule has 1 amide bonds. The van der Waals surface area contributed by atoms with Crippen molar-refractivity contribution in [3.63, 3.8) is 0 Å². The number of allylic oxidation sites excluding steroid dienone is 2. The Morgan fingerprint density at radius 1 is 1.38 bits per heavy atom. The van der Waals surface area contributed by atoms with Crippen LogP contribution >= 0.6 is 11.6 Å². The largest absolute Gasteiger partial charge is 0.365 e. The number of nitrogens with one attached hydrogen (secondary N) is 1. The molecule has 1 aliphatic heterocycles. The molecule has 2 aromatic rings. The standard InChI is InChI=1S/C19H19ClN4O2/c1-19(2)7-13-15(14(25)8-19)16(10-4-3-5-11(20)6-10)24-18(23-13)12(9-22-24)17(21)26/h3-6,9,16,23H,7-8H2,1-2H3,(H2,21,26)/t16-/m1/s1. The van der Waals surface area contributed by atoms with E-state index < -0.39 is 11.9 Å². The number of amides is 1. The Morgan fingerprint density at radius 3 is 2.85 bits per heavy atom. The monoisotopic (exact) mass is 370 g/mol. The van der Waals surface area contributed by atoms with Crippen molar-refractivity contribution in [1.82, 2.24) is 9.78 Å². The number of carbonyl (C=O) groups excluding carboxylic acids is 2. The van der Waals surface area contributed by atoms with Crippen molar-refractivity contribution in [2.45, 2.75) is 32.7 Å². The summed E-state index contributed by atoms with van der Waals surface area (Å²) in [6, 6.07) is 6.93. The predicted octanol–water partition coefficient (Wildman–Crippen LogP) is 3.29. The van der Waals surface area contributed by atoms with E-state index in [2.05, 4.69) is 24.3 Å². The predicted molar refractivity (Wildman–Crippen MR) is 99.0 cm³/mol. The van der Waals surface area contributed by atoms with Crippen LogP contribution in [0.1, 0.15) is 48.7 Å². The fourth-order valence-corrected chi connectivity index (χ4v) is 4.07. The highest BCUT2D eigenvalue weighted by Crippen LogP contribution is 2.46. The molecule has 0 fully saturated rings. The number of primary amides is 1. The number of benzene rings is 1. The van der Waals surface area contributed by atoms with Crippen molar-refractivity contribution >= 4 is 29.1 Å². The molecule has 1 aliphatic carbocycles. The van der Waals surface area contributed by atoms with Crippen LogP contribution in [0.25, 0.3) is 0 Å². The fourth-order valence-electron chi connectivity index (χ4n) is 3.88. The summed E-state index contributed by atoms with van der Waals surface area (Å²) in [5.74, 6) is 0.0382. The number of nitrogens with zero attached hydrogens (tertiary/aromatic N) is 2. The highest BCUT2D eigenvalue weighted by Gasteiger charge is 2.42. The number of fused-ring (bicyclic) bond motifs is 1. The molecule has 1 aromatic heterocycles. The average Bonchev–Trinajstić information content (AvgIpc) is 2.95. The molecule has 134 valence electrons. The van der Waals surface area contributed by atoms with Gasteiger partial charge >= 0.3 is 0 Å². The van der Waals surface area contributed by atoms with Gasteiger partial charge in [0.05, 0.1) is 6.20 Å². The fraction of sp³-hybridized carbons (Fsp3) is 0.316. The number of carbonyl (C=O) groups is 2. The number of hydrogen-bond acceptors (Lipinski definition) is 4. The third-order valence-electron chi connectivity index (χ3n) is 4.93. The third-order valence-corrected chi connectivity index (χ3v) is 5.17. The first-order valence-corrected chi connectivity index (χ1v) is 8.81. The van der Waals surface area contributed by atoms with Crippen LogP contribution in [0.2, 0.25) is 5.02 Å². The first kappa shape index (κ1) is 16.8. The van der Waals surface area contributed by atoms with Crippen molar-refractivity contribution < 1.29 is 9.59 Å². The molecule has 26 heavy (non-hydrogen) atoms. The quantitative estimate of drug-likeness (QED) is 0.848. The van der Waals surface area contributed by atoms with Crippen LogP contribution in [-0.4, -0.2) is 21.5 Å². The van der Waals surface area contributed by atoms with E-state index >= 15 is 0 Å². The number of anilines is 1. The SMILES string of the molecule is CC1(C)CC(=O)C2=C(C1)Nc1c(C(N)=O)cnn1[C@@H]2c1cccc(Cl)c1. The van der Waals surface area contributed by atoms with Crippen LogP contribution in [0.5, 0.6) is 0 Å². The van der Waals surface area contributed by atoms with Gasteiger partial charge in [0.2, 0.25) is 0 Å². The van der Waals surface area contributed by atoms with E-state index in [4.69, 9.17) is 17.3 Å². The second-order valence-electron chi connectivity index (χ2n) is 7.63. The van der Waals surface area contributed by atoms with Crippen molar-refractivity contribution in [2.24, 2.45) is 11.1 Å². The van der Waals surface area contributed by atoms with E-state index in [0.717, 1.165) is 11.3 Å². The summed E-state index contributed by atoms with van der Waals surface area (Å²) in [5, 5.41) is 8.19. The lowest BCUT2D eigenvalue weighted by Gasteiger charge is -2.39. The average molecular weight is 371 g/mol. The van der Waals surface area contributed by atoms with Gasteiger partial charge in [-0.1, -0.05) is 37.6 Å². The maximum absolute atomic E-state index is 13.0. The maximum Gasteiger partial charge on any atom is 0.254 e. The number of Topliss-reactive ketones (excluding diaryl/α,β-unsaturated/α-hetero) is 1. The molecule has 0 spiro atoms. The number of aromatic nitrogens is 2. The number of hydrogen-bond donors (Lipinski definition) is 2. The van der Waals surface area contributed by atoms with Crippen molar-refractivity contribution in [3.05, 3.63) is 57.9 Å². The Morgan fingerprint density at radius 2 is 2.15 bits per heavy atom. The van der Waals surface area contributed by atoms with Crippen LogP contribution in [0.15, 0.2) is 41.7 Å². The Bertz CT molecular complexity index is 974. The van der Waals surface area contributed by atoms with Gasteiger partial charge in [-0.15, -0.1) is 0 Å². The summed E-state index contributed by atoms with van der Waals surface area (Å²) in [4.78, 5) is 24.8. The zero-order valence-electron chi connectivity index (χ0n) is 14.5. The van der Waals surface area contributed by atoms with Crippen LogP contribution in [0.3, 0.4) is 0 Å². The summed E-state index contributed by atoms with van der Waals surface area (Å²) in [6.07, 6.45) is 2.61. The lowest BCUT2D eigenvalue weighted by Crippen LogP contribution is -2.37. The van der Waals surface area contributed by atoms with Gasteiger partial charge in [0.15, 0.2) is 5.78 Å². The van der Waals surface area contributed by atoms with E-state index in [9.17, 15) is 9.59 Å². The second-order valence-corrected chi connectivity index (χ2v) is 8.07. The first-order chi connectivity index (χ1) is 12.3. The zero-order valence-corrected chi connectivity index (χ0v) is 15.3. The van der Waals surface area contributed by atoms with E-state index in [1.54, 1.807) is 10.7 Å². The van der Waals surface area contributed by atoms with Crippen molar-refractivity contribution in [2.75, 3.05) is 5.32 Å². The highest BCUT2D eigenvalue weighted by atomic mass is 35.5. The van der Waals surface area contributed by atoms with E-state index in [-0.39, 0.29) is 11.2 Å². The topological polar surface area (TPSA) is 90.0 Å². The van der Waals surface area contributed by atoms with Crippen molar-refractivity contribution in [3.8, 4) is 0 Å². The highest BCUT2D eigenvalue weighted by molar-refractivity contribution is 6.30. The van der Waals surface area contributed by atoms with Gasteiger partial charge in [0.25, 0.3) is 5.91 Å². The van der Waals surface area contributed by atoms with Crippen LogP contribution in [-0.2, 0) is 4.79 Å².